The molecule has 2 aliphatic rings. The summed E-state index contributed by atoms with van der Waals surface area (Å²) in [5.41, 5.74) is 3.81. The first-order valence-electron chi connectivity index (χ1n) is 12.3. The molecule has 0 radical (unpaired) electrons. The van der Waals surface area contributed by atoms with Crippen LogP contribution in [0.3, 0.4) is 0 Å². The summed E-state index contributed by atoms with van der Waals surface area (Å²) in [5.74, 6) is 1.67. The van der Waals surface area contributed by atoms with Gasteiger partial charge in [0, 0.05) is 56.4 Å². The molecule has 5 nitrogen and oxygen atoms in total. The largest absolute Gasteiger partial charge is 0.481 e. The SMILES string of the molecule is c1ccc(C2Oc3ccccc3OC2CN2CCN(CCc3c[nH]c4ccccc34)CC2)cc1. The number of hydrogen-bond donors (Lipinski definition) is 1. The molecule has 1 aromatic heterocycles. The van der Waals surface area contributed by atoms with Crippen molar-refractivity contribution < 1.29 is 9.47 Å². The van der Waals surface area contributed by atoms with Gasteiger partial charge in [0.25, 0.3) is 0 Å². The van der Waals surface area contributed by atoms with Gasteiger partial charge in [0.05, 0.1) is 0 Å². The number of rotatable bonds is 6. The van der Waals surface area contributed by atoms with Gasteiger partial charge in [-0.1, -0.05) is 60.7 Å². The number of benzene rings is 3. The fraction of sp³-hybridized carbons (Fsp3) is 0.310. The summed E-state index contributed by atoms with van der Waals surface area (Å²) < 4.78 is 12.9. The summed E-state index contributed by atoms with van der Waals surface area (Å²) in [6, 6.07) is 27.0. The van der Waals surface area contributed by atoms with Crippen LogP contribution in [0, 0.1) is 0 Å². The van der Waals surface area contributed by atoms with E-state index in [9.17, 15) is 0 Å². The lowest BCUT2D eigenvalue weighted by molar-refractivity contribution is -0.00962. The summed E-state index contributed by atoms with van der Waals surface area (Å²) >= 11 is 0. The summed E-state index contributed by atoms with van der Waals surface area (Å²) in [7, 11) is 0. The normalized spacial score (nSPS) is 21.1. The van der Waals surface area contributed by atoms with E-state index in [0.717, 1.165) is 57.2 Å². The lowest BCUT2D eigenvalue weighted by Gasteiger charge is -2.40. The van der Waals surface area contributed by atoms with E-state index < -0.39 is 0 Å². The standard InChI is InChI=1S/C29H31N3O2/c1-2-8-22(9-3-1)29-28(33-26-12-6-7-13-27(26)34-29)21-32-18-16-31(17-19-32)15-14-23-20-30-25-11-5-4-10-24(23)25/h1-13,20,28-30H,14-19,21H2. The van der Waals surface area contributed by atoms with Gasteiger partial charge in [-0.05, 0) is 35.7 Å². The monoisotopic (exact) mass is 453 g/mol. The van der Waals surface area contributed by atoms with Crippen molar-refractivity contribution in [1.82, 2.24) is 14.8 Å². The van der Waals surface area contributed by atoms with Crippen LogP contribution in [0.5, 0.6) is 11.5 Å². The second-order valence-corrected chi connectivity index (χ2v) is 9.30. The van der Waals surface area contributed by atoms with Crippen molar-refractivity contribution in [1.29, 1.82) is 0 Å². The fourth-order valence-electron chi connectivity index (χ4n) is 5.21. The summed E-state index contributed by atoms with van der Waals surface area (Å²) in [6.07, 6.45) is 3.12. The topological polar surface area (TPSA) is 40.7 Å². The van der Waals surface area contributed by atoms with E-state index >= 15 is 0 Å². The van der Waals surface area contributed by atoms with E-state index in [4.69, 9.17) is 9.47 Å². The minimum absolute atomic E-state index is 0.0323. The van der Waals surface area contributed by atoms with Gasteiger partial charge in [-0.3, -0.25) is 4.90 Å². The van der Waals surface area contributed by atoms with Crippen molar-refractivity contribution in [3.05, 3.63) is 96.2 Å². The molecular formula is C29H31N3O2. The summed E-state index contributed by atoms with van der Waals surface area (Å²) in [5, 5.41) is 1.35. The van der Waals surface area contributed by atoms with E-state index in [0.29, 0.717) is 0 Å². The van der Waals surface area contributed by atoms with Crippen LogP contribution in [-0.2, 0) is 6.42 Å². The Morgan fingerprint density at radius 3 is 2.24 bits per heavy atom. The van der Waals surface area contributed by atoms with Gasteiger partial charge in [0.1, 0.15) is 0 Å². The number of aromatic nitrogens is 1. The minimum Gasteiger partial charge on any atom is -0.481 e. The second-order valence-electron chi connectivity index (χ2n) is 9.30. The van der Waals surface area contributed by atoms with E-state index in [-0.39, 0.29) is 12.2 Å². The van der Waals surface area contributed by atoms with Crippen LogP contribution in [0.2, 0.25) is 0 Å². The highest BCUT2D eigenvalue weighted by Gasteiger charge is 2.34. The average Bonchev–Trinajstić information content (AvgIpc) is 3.31. The molecule has 4 aromatic rings. The third-order valence-electron chi connectivity index (χ3n) is 7.12. The number of ether oxygens (including phenoxy) is 2. The molecule has 2 unspecified atom stereocenters. The molecule has 1 N–H and O–H groups in total. The third kappa shape index (κ3) is 4.41. The Balaban J connectivity index is 1.08. The molecule has 1 fully saturated rings. The maximum atomic E-state index is 6.48. The number of piperazine rings is 1. The first kappa shape index (κ1) is 21.3. The van der Waals surface area contributed by atoms with Crippen molar-refractivity contribution in [3.63, 3.8) is 0 Å². The van der Waals surface area contributed by atoms with Gasteiger partial charge in [-0.25, -0.2) is 0 Å². The highest BCUT2D eigenvalue weighted by Crippen LogP contribution is 2.39. The molecule has 5 heteroatoms. The molecule has 0 spiro atoms. The molecule has 0 bridgehead atoms. The summed E-state index contributed by atoms with van der Waals surface area (Å²) in [6.45, 7) is 6.24. The lowest BCUT2D eigenvalue weighted by Crippen LogP contribution is -2.51. The predicted molar refractivity (Wildman–Crippen MR) is 136 cm³/mol. The van der Waals surface area contributed by atoms with Gasteiger partial charge in [0.15, 0.2) is 23.7 Å². The van der Waals surface area contributed by atoms with Crippen molar-refractivity contribution in [2.24, 2.45) is 0 Å². The van der Waals surface area contributed by atoms with Crippen LogP contribution in [0.4, 0.5) is 0 Å². The van der Waals surface area contributed by atoms with Crippen LogP contribution in [0.1, 0.15) is 17.2 Å². The zero-order chi connectivity index (χ0) is 22.7. The first-order valence-corrected chi connectivity index (χ1v) is 12.3. The molecule has 0 amide bonds. The Hall–Kier alpha value is -3.28. The van der Waals surface area contributed by atoms with Gasteiger partial charge in [-0.15, -0.1) is 0 Å². The number of nitrogens with one attached hydrogen (secondary N) is 1. The van der Waals surface area contributed by atoms with Crippen molar-refractivity contribution in [2.75, 3.05) is 39.3 Å². The van der Waals surface area contributed by atoms with Gasteiger partial charge < -0.3 is 19.4 Å². The molecule has 174 valence electrons. The van der Waals surface area contributed by atoms with E-state index in [2.05, 4.69) is 69.5 Å². The molecule has 3 heterocycles. The van der Waals surface area contributed by atoms with E-state index in [1.807, 2.05) is 30.3 Å². The Labute approximate surface area is 200 Å². The third-order valence-corrected chi connectivity index (χ3v) is 7.12. The quantitative estimate of drug-likeness (QED) is 0.450. The average molecular weight is 454 g/mol. The maximum Gasteiger partial charge on any atom is 0.162 e. The Kier molecular flexibility index (Phi) is 5.96. The van der Waals surface area contributed by atoms with E-state index in [1.165, 1.54) is 22.0 Å². The highest BCUT2D eigenvalue weighted by atomic mass is 16.6. The molecule has 3 aromatic carbocycles. The van der Waals surface area contributed by atoms with Crippen LogP contribution >= 0.6 is 0 Å². The number of nitrogens with zero attached hydrogens (tertiary/aromatic N) is 2. The Bertz CT molecular complexity index is 1230. The number of hydrogen-bond acceptors (Lipinski definition) is 4. The van der Waals surface area contributed by atoms with Gasteiger partial charge >= 0.3 is 0 Å². The van der Waals surface area contributed by atoms with Gasteiger partial charge in [-0.2, -0.15) is 0 Å². The molecule has 2 atom stereocenters. The maximum absolute atomic E-state index is 6.48. The highest BCUT2D eigenvalue weighted by molar-refractivity contribution is 5.83. The second kappa shape index (κ2) is 9.53. The smallest absolute Gasteiger partial charge is 0.162 e. The van der Waals surface area contributed by atoms with Gasteiger partial charge in [0.2, 0.25) is 0 Å². The van der Waals surface area contributed by atoms with Crippen LogP contribution < -0.4 is 9.47 Å². The first-order chi connectivity index (χ1) is 16.8. The molecule has 0 saturated carbocycles. The zero-order valence-corrected chi connectivity index (χ0v) is 19.4. The summed E-state index contributed by atoms with van der Waals surface area (Å²) in [4.78, 5) is 8.51. The molecule has 0 aliphatic carbocycles. The Morgan fingerprint density at radius 2 is 1.41 bits per heavy atom. The van der Waals surface area contributed by atoms with Crippen molar-refractivity contribution in [2.45, 2.75) is 18.6 Å². The number of aromatic amines is 1. The molecule has 6 rings (SSSR count). The van der Waals surface area contributed by atoms with Crippen LogP contribution in [0.15, 0.2) is 85.1 Å². The Morgan fingerprint density at radius 1 is 0.735 bits per heavy atom. The minimum atomic E-state index is -0.101. The molecule has 34 heavy (non-hydrogen) atoms. The molecule has 1 saturated heterocycles. The number of H-pyrrole nitrogens is 1. The number of fused-ring (bicyclic) bond motifs is 2. The van der Waals surface area contributed by atoms with Crippen molar-refractivity contribution in [3.8, 4) is 11.5 Å². The fourth-order valence-corrected chi connectivity index (χ4v) is 5.21. The van der Waals surface area contributed by atoms with Crippen LogP contribution in [-0.4, -0.2) is 60.2 Å². The molecular weight excluding hydrogens is 422 g/mol. The van der Waals surface area contributed by atoms with Crippen LogP contribution in [0.25, 0.3) is 10.9 Å². The zero-order valence-electron chi connectivity index (χ0n) is 19.4. The number of para-hydroxylation sites is 3. The lowest BCUT2D eigenvalue weighted by atomic mass is 10.0. The predicted octanol–water partition coefficient (Wildman–Crippen LogP) is 4.91. The van der Waals surface area contributed by atoms with E-state index in [1.54, 1.807) is 0 Å². The van der Waals surface area contributed by atoms with Crippen molar-refractivity contribution >= 4 is 10.9 Å². The molecule has 2 aliphatic heterocycles.